The average molecular weight is 381 g/mol. The monoisotopic (exact) mass is 380 g/mol. The standard InChI is InChI=1S/C27H40O/c1-2-3-4-14-20-25-21-16-23-27(28)26(25)22-15-9-7-5-6-8-11-17-24-18-12-10-13-19-24/h10,12-13,16,18-19,21,23,28H,2-9,11,14-15,17,20,22H2,1H3. The Morgan fingerprint density at radius 1 is 0.571 bits per heavy atom. The van der Waals surface area contributed by atoms with E-state index in [1.54, 1.807) is 0 Å². The van der Waals surface area contributed by atoms with E-state index in [4.69, 9.17) is 0 Å². The number of unbranched alkanes of at least 4 members (excludes halogenated alkanes) is 9. The first-order valence-corrected chi connectivity index (χ1v) is 11.6. The van der Waals surface area contributed by atoms with Crippen LogP contribution in [0.3, 0.4) is 0 Å². The maximum Gasteiger partial charge on any atom is 0.119 e. The molecular weight excluding hydrogens is 340 g/mol. The molecule has 0 amide bonds. The smallest absolute Gasteiger partial charge is 0.119 e. The third-order valence-corrected chi connectivity index (χ3v) is 5.78. The molecule has 2 rings (SSSR count). The molecule has 0 atom stereocenters. The van der Waals surface area contributed by atoms with Gasteiger partial charge < -0.3 is 5.11 Å². The predicted octanol–water partition coefficient (Wildman–Crippen LogP) is 8.03. The summed E-state index contributed by atoms with van der Waals surface area (Å²) in [5.41, 5.74) is 4.05. The van der Waals surface area contributed by atoms with E-state index in [0.29, 0.717) is 5.75 Å². The normalized spacial score (nSPS) is 11.0. The summed E-state index contributed by atoms with van der Waals surface area (Å²) in [7, 11) is 0. The van der Waals surface area contributed by atoms with Crippen molar-refractivity contribution in [3.8, 4) is 5.75 Å². The minimum atomic E-state index is 0.508. The Hall–Kier alpha value is -1.76. The lowest BCUT2D eigenvalue weighted by Gasteiger charge is -2.11. The molecule has 0 aromatic heterocycles. The maximum absolute atomic E-state index is 10.3. The Bertz CT molecular complexity index is 632. The molecule has 0 aliphatic rings. The first-order chi connectivity index (χ1) is 13.8. The van der Waals surface area contributed by atoms with E-state index in [1.807, 2.05) is 12.1 Å². The van der Waals surface area contributed by atoms with Gasteiger partial charge in [-0.3, -0.25) is 0 Å². The van der Waals surface area contributed by atoms with Crippen molar-refractivity contribution in [1.29, 1.82) is 0 Å². The molecule has 28 heavy (non-hydrogen) atoms. The Labute approximate surface area is 173 Å². The lowest BCUT2D eigenvalue weighted by atomic mass is 9.95. The van der Waals surface area contributed by atoms with Crippen LogP contribution in [0.15, 0.2) is 48.5 Å². The quantitative estimate of drug-likeness (QED) is 0.310. The second kappa shape index (κ2) is 14.3. The van der Waals surface area contributed by atoms with Gasteiger partial charge in [0.25, 0.3) is 0 Å². The molecule has 154 valence electrons. The maximum atomic E-state index is 10.3. The van der Waals surface area contributed by atoms with E-state index < -0.39 is 0 Å². The molecule has 0 heterocycles. The van der Waals surface area contributed by atoms with Crippen LogP contribution in [-0.2, 0) is 19.3 Å². The zero-order valence-corrected chi connectivity index (χ0v) is 18.0. The minimum absolute atomic E-state index is 0.508. The molecule has 1 heteroatoms. The van der Waals surface area contributed by atoms with Gasteiger partial charge in [0.05, 0.1) is 0 Å². The summed E-state index contributed by atoms with van der Waals surface area (Å²) in [5.74, 6) is 0.508. The first-order valence-electron chi connectivity index (χ1n) is 11.6. The summed E-state index contributed by atoms with van der Waals surface area (Å²) in [6.07, 6.45) is 17.7. The summed E-state index contributed by atoms with van der Waals surface area (Å²) in [6, 6.07) is 16.9. The third-order valence-electron chi connectivity index (χ3n) is 5.78. The van der Waals surface area contributed by atoms with E-state index in [2.05, 4.69) is 43.3 Å². The minimum Gasteiger partial charge on any atom is -0.508 e. The number of aryl methyl sites for hydroxylation is 2. The van der Waals surface area contributed by atoms with Gasteiger partial charge >= 0.3 is 0 Å². The third kappa shape index (κ3) is 8.95. The molecule has 0 aliphatic carbocycles. The van der Waals surface area contributed by atoms with Gasteiger partial charge in [-0.2, -0.15) is 0 Å². The number of hydrogen-bond acceptors (Lipinski definition) is 1. The molecule has 0 aliphatic heterocycles. The number of rotatable bonds is 15. The Balaban J connectivity index is 1.56. The highest BCUT2D eigenvalue weighted by molar-refractivity contribution is 5.39. The van der Waals surface area contributed by atoms with Crippen molar-refractivity contribution in [3.63, 3.8) is 0 Å². The zero-order valence-electron chi connectivity index (χ0n) is 18.0. The summed E-state index contributed by atoms with van der Waals surface area (Å²) >= 11 is 0. The molecule has 0 unspecified atom stereocenters. The fourth-order valence-electron chi connectivity index (χ4n) is 4.05. The van der Waals surface area contributed by atoms with Gasteiger partial charge in [-0.15, -0.1) is 0 Å². The number of hydrogen-bond donors (Lipinski definition) is 1. The van der Waals surface area contributed by atoms with Gasteiger partial charge in [0, 0.05) is 0 Å². The van der Waals surface area contributed by atoms with Crippen LogP contribution in [0.25, 0.3) is 0 Å². The van der Waals surface area contributed by atoms with Crippen LogP contribution in [0.4, 0.5) is 0 Å². The van der Waals surface area contributed by atoms with Crippen molar-refractivity contribution < 1.29 is 5.11 Å². The Morgan fingerprint density at radius 3 is 1.89 bits per heavy atom. The van der Waals surface area contributed by atoms with Crippen LogP contribution in [-0.4, -0.2) is 5.11 Å². The van der Waals surface area contributed by atoms with Crippen LogP contribution in [0, 0.1) is 0 Å². The van der Waals surface area contributed by atoms with Gasteiger partial charge in [0.15, 0.2) is 0 Å². The highest BCUT2D eigenvalue weighted by atomic mass is 16.3. The van der Waals surface area contributed by atoms with Gasteiger partial charge in [0.2, 0.25) is 0 Å². The van der Waals surface area contributed by atoms with Crippen molar-refractivity contribution in [3.05, 3.63) is 65.2 Å². The molecule has 0 saturated carbocycles. The largest absolute Gasteiger partial charge is 0.508 e. The fraction of sp³-hybridized carbons (Fsp3) is 0.556. The lowest BCUT2D eigenvalue weighted by Crippen LogP contribution is -1.96. The van der Waals surface area contributed by atoms with Gasteiger partial charge in [-0.1, -0.05) is 101 Å². The van der Waals surface area contributed by atoms with E-state index in [-0.39, 0.29) is 0 Å². The molecule has 1 nitrogen and oxygen atoms in total. The molecule has 2 aromatic rings. The van der Waals surface area contributed by atoms with Crippen molar-refractivity contribution in [1.82, 2.24) is 0 Å². The number of phenolic OH excluding ortho intramolecular Hbond substituents is 1. The van der Waals surface area contributed by atoms with Gasteiger partial charge in [-0.05, 0) is 61.3 Å². The second-order valence-electron chi connectivity index (χ2n) is 8.19. The highest BCUT2D eigenvalue weighted by Gasteiger charge is 2.07. The van der Waals surface area contributed by atoms with E-state index in [0.717, 1.165) is 12.8 Å². The molecule has 1 N–H and O–H groups in total. The molecule has 0 bridgehead atoms. The SMILES string of the molecule is CCCCCCc1cccc(O)c1CCCCCCCCCc1ccccc1. The van der Waals surface area contributed by atoms with E-state index in [1.165, 1.54) is 93.7 Å². The molecule has 2 aromatic carbocycles. The molecule has 0 fully saturated rings. The van der Waals surface area contributed by atoms with Gasteiger partial charge in [-0.25, -0.2) is 0 Å². The zero-order chi connectivity index (χ0) is 19.9. The van der Waals surface area contributed by atoms with Crippen molar-refractivity contribution in [2.24, 2.45) is 0 Å². The molecule has 0 spiro atoms. The van der Waals surface area contributed by atoms with Crippen molar-refractivity contribution >= 4 is 0 Å². The van der Waals surface area contributed by atoms with Crippen LogP contribution < -0.4 is 0 Å². The van der Waals surface area contributed by atoms with Crippen molar-refractivity contribution in [2.45, 2.75) is 96.8 Å². The van der Waals surface area contributed by atoms with E-state index >= 15 is 0 Å². The van der Waals surface area contributed by atoms with Crippen LogP contribution in [0.5, 0.6) is 5.75 Å². The number of phenols is 1. The Kier molecular flexibility index (Phi) is 11.5. The molecule has 0 saturated heterocycles. The second-order valence-corrected chi connectivity index (χ2v) is 8.19. The average Bonchev–Trinajstić information content (AvgIpc) is 2.72. The summed E-state index contributed by atoms with van der Waals surface area (Å²) in [4.78, 5) is 0. The molecular formula is C27H40O. The predicted molar refractivity (Wildman–Crippen MR) is 122 cm³/mol. The van der Waals surface area contributed by atoms with Crippen LogP contribution >= 0.6 is 0 Å². The van der Waals surface area contributed by atoms with E-state index in [9.17, 15) is 5.11 Å². The molecule has 0 radical (unpaired) electrons. The fourth-order valence-corrected chi connectivity index (χ4v) is 4.05. The Morgan fingerprint density at radius 2 is 1.18 bits per heavy atom. The van der Waals surface area contributed by atoms with Crippen LogP contribution in [0.1, 0.15) is 94.2 Å². The van der Waals surface area contributed by atoms with Crippen LogP contribution in [0.2, 0.25) is 0 Å². The highest BCUT2D eigenvalue weighted by Crippen LogP contribution is 2.25. The van der Waals surface area contributed by atoms with Crippen molar-refractivity contribution in [2.75, 3.05) is 0 Å². The topological polar surface area (TPSA) is 20.2 Å². The summed E-state index contributed by atoms with van der Waals surface area (Å²) < 4.78 is 0. The summed E-state index contributed by atoms with van der Waals surface area (Å²) in [5, 5.41) is 10.3. The number of benzene rings is 2. The first kappa shape index (κ1) is 22.5. The summed E-state index contributed by atoms with van der Waals surface area (Å²) in [6.45, 7) is 2.25. The van der Waals surface area contributed by atoms with Gasteiger partial charge in [0.1, 0.15) is 5.75 Å². The lowest BCUT2D eigenvalue weighted by molar-refractivity contribution is 0.464. The number of aromatic hydroxyl groups is 1.